The number of aliphatic hydroxyl groups excluding tert-OH is 1. The quantitative estimate of drug-likeness (QED) is 0.340. The third kappa shape index (κ3) is 116. The Bertz CT molecular complexity index is 442. The number of ketones is 5. The van der Waals surface area contributed by atoms with Crippen molar-refractivity contribution in [1.29, 1.82) is 0 Å². The molecule has 0 aliphatic heterocycles. The summed E-state index contributed by atoms with van der Waals surface area (Å²) in [6, 6.07) is 0. The molecule has 0 aliphatic carbocycles. The molecule has 0 radical (unpaired) electrons. The van der Waals surface area contributed by atoms with Crippen LogP contribution in [-0.4, -0.2) is 52.6 Å². The van der Waals surface area contributed by atoms with Crippen LogP contribution >= 0.6 is 21.6 Å². The van der Waals surface area contributed by atoms with Gasteiger partial charge >= 0.3 is 0 Å². The highest BCUT2D eigenvalue weighted by molar-refractivity contribution is 8.76. The van der Waals surface area contributed by atoms with Crippen LogP contribution in [0.4, 0.5) is 0 Å². The number of unbranched alkanes of at least 4 members (excludes halogenated alkanes) is 1. The summed E-state index contributed by atoms with van der Waals surface area (Å²) < 4.78 is 0. The van der Waals surface area contributed by atoms with Crippen molar-refractivity contribution in [3.63, 3.8) is 0 Å². The molecule has 0 amide bonds. The second-order valence-electron chi connectivity index (χ2n) is 7.07. The van der Waals surface area contributed by atoms with E-state index in [9.17, 15) is 24.0 Å². The van der Waals surface area contributed by atoms with Gasteiger partial charge in [0.25, 0.3) is 0 Å². The lowest BCUT2D eigenvalue weighted by atomic mass is 10.1. The highest BCUT2D eigenvalue weighted by Crippen LogP contribution is 2.09. The molecule has 0 spiro atoms. The van der Waals surface area contributed by atoms with Crippen LogP contribution in [0, 0.1) is 0 Å². The summed E-state index contributed by atoms with van der Waals surface area (Å²) in [7, 11) is 3.55. The van der Waals surface area contributed by atoms with E-state index < -0.39 is 6.10 Å². The molecule has 8 heteroatoms. The molecule has 0 bridgehead atoms. The topological polar surface area (TPSA) is 106 Å². The summed E-state index contributed by atoms with van der Waals surface area (Å²) in [5.41, 5.74) is 0. The van der Waals surface area contributed by atoms with Crippen molar-refractivity contribution < 1.29 is 29.1 Å². The van der Waals surface area contributed by atoms with E-state index in [1.165, 1.54) is 41.5 Å². The van der Waals surface area contributed by atoms with Crippen LogP contribution in [0.3, 0.4) is 0 Å². The predicted octanol–water partition coefficient (Wildman–Crippen LogP) is 6.70. The maximum atomic E-state index is 10.6. The second-order valence-corrected chi connectivity index (χ2v) is 9.74. The van der Waals surface area contributed by atoms with E-state index in [0.29, 0.717) is 24.4 Å². The van der Waals surface area contributed by atoms with E-state index in [1.54, 1.807) is 21.6 Å². The third-order valence-corrected chi connectivity index (χ3v) is 4.22. The Labute approximate surface area is 212 Å². The van der Waals surface area contributed by atoms with E-state index in [2.05, 4.69) is 19.4 Å². The zero-order chi connectivity index (χ0) is 27.8. The first kappa shape index (κ1) is 45.5. The van der Waals surface area contributed by atoms with E-state index in [1.807, 2.05) is 20.8 Å². The second kappa shape index (κ2) is 41.3. The predicted molar refractivity (Wildman–Crippen MR) is 147 cm³/mol. The van der Waals surface area contributed by atoms with Gasteiger partial charge in [-0.2, -0.15) is 0 Å². The molecule has 1 unspecified atom stereocenters. The molecule has 0 heterocycles. The highest BCUT2D eigenvalue weighted by Gasteiger charge is 1.97. The summed E-state index contributed by atoms with van der Waals surface area (Å²) in [4.78, 5) is 49.8. The van der Waals surface area contributed by atoms with Gasteiger partial charge in [0.1, 0.15) is 29.2 Å². The van der Waals surface area contributed by atoms with Gasteiger partial charge in [0.2, 0.25) is 0 Å². The molecule has 200 valence electrons. The molecule has 0 aliphatic rings. The number of hydrogen-bond donors (Lipinski definition) is 1. The van der Waals surface area contributed by atoms with Crippen molar-refractivity contribution in [1.82, 2.24) is 0 Å². The Morgan fingerprint density at radius 1 is 0.667 bits per heavy atom. The minimum Gasteiger partial charge on any atom is -0.386 e. The van der Waals surface area contributed by atoms with E-state index in [-0.39, 0.29) is 17.3 Å². The van der Waals surface area contributed by atoms with Gasteiger partial charge in [0.05, 0.1) is 0 Å². The normalized spacial score (nSPS) is 9.12. The molecule has 1 atom stereocenters. The first-order valence-corrected chi connectivity index (χ1v) is 14.3. The number of hydrogen-bond acceptors (Lipinski definition) is 8. The molecule has 0 saturated heterocycles. The van der Waals surface area contributed by atoms with Crippen molar-refractivity contribution in [3.05, 3.63) is 0 Å². The standard InChI is InChI=1S/C7H14O.C6H12O.C4H8O2.2C3H6O.C2H6S2/c1-3-5-6-7(8)4-2;1-3-5-6(7)4-2;1-3(5)4(2)6;2*1-3(2)4;1-3-4-2/h3-6H2,1-2H3;3-5H2,1-2H3;3,5H,1-2H3;3*1-2H3. The average molecular weight is 513 g/mol. The van der Waals surface area contributed by atoms with Crippen LogP contribution in [0.25, 0.3) is 0 Å². The maximum Gasteiger partial charge on any atom is 0.157 e. The lowest BCUT2D eigenvalue weighted by Crippen LogP contribution is -2.10. The highest BCUT2D eigenvalue weighted by atomic mass is 33.1. The maximum absolute atomic E-state index is 10.6. The third-order valence-electron chi connectivity index (χ3n) is 2.88. The molecule has 33 heavy (non-hydrogen) atoms. The molecule has 0 aromatic rings. The van der Waals surface area contributed by atoms with Crippen LogP contribution in [0.5, 0.6) is 0 Å². The zero-order valence-electron chi connectivity index (χ0n) is 23.3. The van der Waals surface area contributed by atoms with Gasteiger partial charge < -0.3 is 14.7 Å². The van der Waals surface area contributed by atoms with Crippen LogP contribution in [0.1, 0.15) is 114 Å². The fourth-order valence-electron chi connectivity index (χ4n) is 1.01. The molecule has 0 aromatic heterocycles. The van der Waals surface area contributed by atoms with Crippen LogP contribution < -0.4 is 0 Å². The average Bonchev–Trinajstić information content (AvgIpc) is 2.72. The van der Waals surface area contributed by atoms with Gasteiger partial charge in [-0.1, -0.05) is 55.7 Å². The molecular weight excluding hydrogens is 460 g/mol. The van der Waals surface area contributed by atoms with Crippen molar-refractivity contribution in [2.75, 3.05) is 12.5 Å². The molecule has 0 aromatic carbocycles. The smallest absolute Gasteiger partial charge is 0.157 e. The number of rotatable bonds is 9. The van der Waals surface area contributed by atoms with Crippen molar-refractivity contribution in [2.45, 2.75) is 120 Å². The number of aliphatic hydroxyl groups is 1. The van der Waals surface area contributed by atoms with Gasteiger partial charge in [0, 0.05) is 25.7 Å². The molecule has 1 N–H and O–H groups in total. The van der Waals surface area contributed by atoms with Gasteiger partial charge in [0.15, 0.2) is 5.78 Å². The van der Waals surface area contributed by atoms with Gasteiger partial charge in [-0.3, -0.25) is 14.4 Å². The van der Waals surface area contributed by atoms with E-state index >= 15 is 0 Å². The lowest BCUT2D eigenvalue weighted by Gasteiger charge is -1.91. The van der Waals surface area contributed by atoms with Crippen LogP contribution in [-0.2, 0) is 24.0 Å². The largest absolute Gasteiger partial charge is 0.386 e. The summed E-state index contributed by atoms with van der Waals surface area (Å²) in [6.07, 6.45) is 9.47. The van der Waals surface area contributed by atoms with Gasteiger partial charge in [-0.15, -0.1) is 0 Å². The van der Waals surface area contributed by atoms with E-state index in [0.717, 1.165) is 32.1 Å². The van der Waals surface area contributed by atoms with E-state index in [4.69, 9.17) is 5.11 Å². The Morgan fingerprint density at radius 2 is 0.939 bits per heavy atom. The molecule has 0 saturated carbocycles. The van der Waals surface area contributed by atoms with Crippen molar-refractivity contribution >= 4 is 50.5 Å². The summed E-state index contributed by atoms with van der Waals surface area (Å²) in [5.74, 6) is 0.921. The Hall–Kier alpha value is -0.990. The molecule has 0 fully saturated rings. The zero-order valence-corrected chi connectivity index (χ0v) is 25.0. The lowest BCUT2D eigenvalue weighted by molar-refractivity contribution is -0.124. The first-order valence-electron chi connectivity index (χ1n) is 11.4. The Balaban J connectivity index is -0.0000000679. The molecule has 6 nitrogen and oxygen atoms in total. The van der Waals surface area contributed by atoms with Gasteiger partial charge in [-0.05, 0) is 66.9 Å². The van der Waals surface area contributed by atoms with Crippen LogP contribution in [0.2, 0.25) is 0 Å². The Kier molecular flexibility index (Phi) is 56.9. The monoisotopic (exact) mass is 512 g/mol. The minimum atomic E-state index is -0.787. The molecular formula is C25H52O6S2. The summed E-state index contributed by atoms with van der Waals surface area (Å²) >= 11 is 0. The SMILES string of the molecule is CC(=O)C(C)O.CC(C)=O.CC(C)=O.CCCC(=O)CC.CCCCC(=O)CC.CSSC. The van der Waals surface area contributed by atoms with Crippen molar-refractivity contribution in [2.24, 2.45) is 0 Å². The Morgan fingerprint density at radius 3 is 1.06 bits per heavy atom. The van der Waals surface area contributed by atoms with Crippen molar-refractivity contribution in [3.8, 4) is 0 Å². The van der Waals surface area contributed by atoms with Gasteiger partial charge in [-0.25, -0.2) is 0 Å². The fraction of sp³-hybridized carbons (Fsp3) is 0.800. The number of carbonyl (C=O) groups is 5. The molecule has 0 rings (SSSR count). The summed E-state index contributed by atoms with van der Waals surface area (Å²) in [6.45, 7) is 16.8. The van der Waals surface area contributed by atoms with Crippen LogP contribution in [0.15, 0.2) is 0 Å². The first-order chi connectivity index (χ1) is 15.1. The number of carbonyl (C=O) groups excluding carboxylic acids is 5. The number of Topliss-reactive ketones (excluding diaryl/α,β-unsaturated/α-hetero) is 5. The summed E-state index contributed by atoms with van der Waals surface area (Å²) in [5, 5.41) is 8.28. The minimum absolute atomic E-state index is 0.167. The fourth-order valence-corrected chi connectivity index (χ4v) is 1.01.